The van der Waals surface area contributed by atoms with Crippen LogP contribution < -0.4 is 9.47 Å². The molecule has 94 valence electrons. The van der Waals surface area contributed by atoms with Crippen LogP contribution in [-0.2, 0) is 4.74 Å². The number of aromatic nitrogens is 1. The van der Waals surface area contributed by atoms with Gasteiger partial charge in [-0.25, -0.2) is 4.79 Å². The summed E-state index contributed by atoms with van der Waals surface area (Å²) in [5.74, 6) is 0.135. The molecule has 5 nitrogen and oxygen atoms in total. The molecule has 0 spiro atoms. The van der Waals surface area contributed by atoms with E-state index in [0.717, 1.165) is 0 Å². The molecule has 18 heavy (non-hydrogen) atoms. The smallest absolute Gasteiger partial charge is 0.339 e. The topological polar surface area (TPSA) is 62.5 Å². The lowest BCUT2D eigenvalue weighted by molar-refractivity contribution is -0.577. The van der Waals surface area contributed by atoms with Crippen molar-refractivity contribution in [1.29, 1.82) is 0 Å². The molecule has 5 heteroatoms. The number of carbonyl (C=O) groups excluding carboxylic acids is 1. The Morgan fingerprint density at radius 1 is 1.39 bits per heavy atom. The van der Waals surface area contributed by atoms with Gasteiger partial charge in [-0.2, -0.15) is 4.73 Å². The van der Waals surface area contributed by atoms with Crippen molar-refractivity contribution in [2.75, 3.05) is 13.7 Å². The molecular weight excluding hydrogens is 234 g/mol. The third-order valence-corrected chi connectivity index (χ3v) is 2.60. The second-order valence-corrected chi connectivity index (χ2v) is 3.66. The molecule has 0 amide bonds. The van der Waals surface area contributed by atoms with Gasteiger partial charge in [-0.1, -0.05) is 0 Å². The molecule has 0 radical (unpaired) electrons. The number of rotatable bonds is 3. The number of methoxy groups -OCH3 is 1. The molecular formula is C13H13NO4. The molecule has 1 aromatic carbocycles. The molecule has 2 rings (SSSR count). The molecule has 0 aliphatic carbocycles. The fourth-order valence-corrected chi connectivity index (χ4v) is 1.75. The normalized spacial score (nSPS) is 10.3. The molecule has 0 saturated heterocycles. The molecule has 0 fully saturated rings. The van der Waals surface area contributed by atoms with Gasteiger partial charge in [0.05, 0.1) is 24.7 Å². The van der Waals surface area contributed by atoms with Crippen LogP contribution in [0.15, 0.2) is 30.5 Å². The largest absolute Gasteiger partial charge is 0.618 e. The first-order chi connectivity index (χ1) is 8.67. The van der Waals surface area contributed by atoms with Gasteiger partial charge in [-0.05, 0) is 19.1 Å². The maximum absolute atomic E-state index is 11.8. The van der Waals surface area contributed by atoms with Gasteiger partial charge in [0.1, 0.15) is 5.75 Å². The van der Waals surface area contributed by atoms with Crippen molar-refractivity contribution in [3.8, 4) is 5.75 Å². The maximum atomic E-state index is 11.8. The Kier molecular flexibility index (Phi) is 3.32. The molecule has 0 atom stereocenters. The summed E-state index contributed by atoms with van der Waals surface area (Å²) in [6, 6.07) is 6.39. The average molecular weight is 247 g/mol. The van der Waals surface area contributed by atoms with Gasteiger partial charge in [0, 0.05) is 12.1 Å². The van der Waals surface area contributed by atoms with Crippen LogP contribution in [-0.4, -0.2) is 19.7 Å². The van der Waals surface area contributed by atoms with Crippen LogP contribution in [0.25, 0.3) is 10.9 Å². The van der Waals surface area contributed by atoms with Crippen molar-refractivity contribution in [3.05, 3.63) is 41.2 Å². The van der Waals surface area contributed by atoms with E-state index in [2.05, 4.69) is 0 Å². The predicted octanol–water partition coefficient (Wildman–Crippen LogP) is 1.66. The van der Waals surface area contributed by atoms with Gasteiger partial charge >= 0.3 is 5.97 Å². The summed E-state index contributed by atoms with van der Waals surface area (Å²) in [7, 11) is 1.53. The van der Waals surface area contributed by atoms with E-state index >= 15 is 0 Å². The zero-order valence-corrected chi connectivity index (χ0v) is 10.2. The third-order valence-electron chi connectivity index (χ3n) is 2.60. The van der Waals surface area contributed by atoms with Crippen molar-refractivity contribution in [1.82, 2.24) is 0 Å². The van der Waals surface area contributed by atoms with E-state index in [-0.39, 0.29) is 6.61 Å². The Morgan fingerprint density at radius 3 is 2.83 bits per heavy atom. The fourth-order valence-electron chi connectivity index (χ4n) is 1.75. The number of benzene rings is 1. The van der Waals surface area contributed by atoms with Crippen molar-refractivity contribution in [3.63, 3.8) is 0 Å². The first-order valence-electron chi connectivity index (χ1n) is 5.54. The van der Waals surface area contributed by atoms with Gasteiger partial charge in [-0.3, -0.25) is 0 Å². The van der Waals surface area contributed by atoms with E-state index in [1.807, 2.05) is 0 Å². The average Bonchev–Trinajstić information content (AvgIpc) is 2.39. The van der Waals surface area contributed by atoms with Gasteiger partial charge in [-0.15, -0.1) is 0 Å². The summed E-state index contributed by atoms with van der Waals surface area (Å²) in [5.41, 5.74) is 0.763. The minimum Gasteiger partial charge on any atom is -0.618 e. The Balaban J connectivity index is 2.66. The Bertz CT molecular complexity index is 595. The van der Waals surface area contributed by atoms with Gasteiger partial charge in [0.25, 0.3) is 0 Å². The van der Waals surface area contributed by atoms with E-state index in [0.29, 0.717) is 26.9 Å². The van der Waals surface area contributed by atoms with Gasteiger partial charge in [0.15, 0.2) is 6.20 Å². The lowest BCUT2D eigenvalue weighted by Crippen LogP contribution is -2.27. The summed E-state index contributed by atoms with van der Waals surface area (Å²) in [4.78, 5) is 11.8. The van der Waals surface area contributed by atoms with Crippen molar-refractivity contribution < 1.29 is 19.0 Å². The van der Waals surface area contributed by atoms with Crippen LogP contribution in [0.1, 0.15) is 17.3 Å². The van der Waals surface area contributed by atoms with Crippen LogP contribution in [0.5, 0.6) is 5.75 Å². The minimum atomic E-state index is -0.448. The van der Waals surface area contributed by atoms with E-state index in [4.69, 9.17) is 9.47 Å². The first-order valence-corrected chi connectivity index (χ1v) is 5.54. The second-order valence-electron chi connectivity index (χ2n) is 3.66. The SMILES string of the molecule is CCOC(=O)c1cc[n+]([O-])c2ccc(OC)cc12. The highest BCUT2D eigenvalue weighted by molar-refractivity contribution is 6.02. The van der Waals surface area contributed by atoms with Crippen molar-refractivity contribution in [2.24, 2.45) is 0 Å². The molecule has 0 unspecified atom stereocenters. The molecule has 0 N–H and O–H groups in total. The van der Waals surface area contributed by atoms with Crippen LogP contribution in [0.2, 0.25) is 0 Å². The number of ether oxygens (including phenoxy) is 2. The van der Waals surface area contributed by atoms with Crippen LogP contribution >= 0.6 is 0 Å². The first kappa shape index (κ1) is 12.2. The second kappa shape index (κ2) is 4.91. The fraction of sp³-hybridized carbons (Fsp3) is 0.231. The molecule has 1 aromatic heterocycles. The zero-order chi connectivity index (χ0) is 13.1. The number of pyridine rings is 1. The van der Waals surface area contributed by atoms with Crippen LogP contribution in [0.4, 0.5) is 0 Å². The third kappa shape index (κ3) is 2.07. The molecule has 0 aliphatic heterocycles. The summed E-state index contributed by atoms with van der Waals surface area (Å²) < 4.78 is 10.8. The number of esters is 1. The lowest BCUT2D eigenvalue weighted by atomic mass is 10.1. The Labute approximate surface area is 104 Å². The van der Waals surface area contributed by atoms with E-state index < -0.39 is 5.97 Å². The molecule has 0 aliphatic rings. The minimum absolute atomic E-state index is 0.288. The lowest BCUT2D eigenvalue weighted by Gasteiger charge is -2.08. The summed E-state index contributed by atoms with van der Waals surface area (Å²) in [6.07, 6.45) is 1.29. The highest BCUT2D eigenvalue weighted by Gasteiger charge is 2.16. The highest BCUT2D eigenvalue weighted by Crippen LogP contribution is 2.22. The number of hydrogen-bond acceptors (Lipinski definition) is 4. The summed E-state index contributed by atoms with van der Waals surface area (Å²) >= 11 is 0. The maximum Gasteiger partial charge on any atom is 0.339 e. The molecule has 1 heterocycles. The van der Waals surface area contributed by atoms with Crippen molar-refractivity contribution in [2.45, 2.75) is 6.92 Å². The number of nitrogens with zero attached hydrogens (tertiary/aromatic N) is 1. The molecule has 0 saturated carbocycles. The monoisotopic (exact) mass is 247 g/mol. The van der Waals surface area contributed by atoms with E-state index in [1.165, 1.54) is 19.4 Å². The Morgan fingerprint density at radius 2 is 2.17 bits per heavy atom. The van der Waals surface area contributed by atoms with Crippen LogP contribution in [0.3, 0.4) is 0 Å². The summed E-state index contributed by atoms with van der Waals surface area (Å²) in [6.45, 7) is 2.02. The van der Waals surface area contributed by atoms with E-state index in [9.17, 15) is 10.0 Å². The quantitative estimate of drug-likeness (QED) is 0.470. The van der Waals surface area contributed by atoms with Crippen LogP contribution in [0, 0.1) is 5.21 Å². The van der Waals surface area contributed by atoms with Gasteiger partial charge < -0.3 is 14.7 Å². The van der Waals surface area contributed by atoms with E-state index in [1.54, 1.807) is 25.1 Å². The van der Waals surface area contributed by atoms with Gasteiger partial charge in [0.2, 0.25) is 5.52 Å². The van der Waals surface area contributed by atoms with Crippen molar-refractivity contribution >= 4 is 16.9 Å². The standard InChI is InChI=1S/C13H13NO4/c1-3-18-13(15)10-6-7-14(16)12-5-4-9(17-2)8-11(10)12/h4-8H,3H2,1-2H3. The summed E-state index contributed by atoms with van der Waals surface area (Å²) in [5, 5.41) is 12.2. The zero-order valence-electron chi connectivity index (χ0n) is 10.2. The highest BCUT2D eigenvalue weighted by atomic mass is 16.5. The predicted molar refractivity (Wildman–Crippen MR) is 65.4 cm³/mol. The number of fused-ring (bicyclic) bond motifs is 1. The number of carbonyl (C=O) groups is 1. The molecule has 2 aromatic rings. The Hall–Kier alpha value is -2.30. The number of hydrogen-bond donors (Lipinski definition) is 0. The molecule has 0 bridgehead atoms.